The van der Waals surface area contributed by atoms with E-state index in [1.807, 2.05) is 60.7 Å². The van der Waals surface area contributed by atoms with Gasteiger partial charge in [0.15, 0.2) is 0 Å². The van der Waals surface area contributed by atoms with Crippen molar-refractivity contribution in [2.75, 3.05) is 22.9 Å². The number of carbonyl (C=O) groups excluding carboxylic acids is 1. The van der Waals surface area contributed by atoms with Gasteiger partial charge in [-0.2, -0.15) is 0 Å². The molecule has 270 valence electrons. The molecule has 0 saturated carbocycles. The third-order valence-corrected chi connectivity index (χ3v) is 9.60. The summed E-state index contributed by atoms with van der Waals surface area (Å²) >= 11 is 36.7. The molecule has 50 heavy (non-hydrogen) atoms. The number of hydrogen-bond donors (Lipinski definition) is 3. The number of Topliss-reactive ketones (excluding diaryl/α,β-unsaturated/α-hetero) is 1. The monoisotopic (exact) mass is 800 g/mol. The molecule has 4 aromatic carbocycles. The van der Waals surface area contributed by atoms with Crippen molar-refractivity contribution in [3.8, 4) is 0 Å². The smallest absolute Gasteiger partial charge is 0.300 e. The molecule has 2 saturated heterocycles. The molecule has 0 aliphatic carbocycles. The summed E-state index contributed by atoms with van der Waals surface area (Å²) in [5, 5.41) is 11.3. The third-order valence-electron chi connectivity index (χ3n) is 8.02. The maximum atomic E-state index is 11.9. The first-order valence-electron chi connectivity index (χ1n) is 15.2. The second-order valence-corrected chi connectivity index (χ2v) is 14.1. The van der Waals surface area contributed by atoms with Crippen molar-refractivity contribution in [3.05, 3.63) is 126 Å². The third kappa shape index (κ3) is 12.2. The van der Waals surface area contributed by atoms with Crippen LogP contribution in [-0.4, -0.2) is 36.0 Å². The van der Waals surface area contributed by atoms with Gasteiger partial charge in [0.2, 0.25) is 0 Å². The largest absolute Gasteiger partial charge is 0.481 e. The molecule has 0 amide bonds. The van der Waals surface area contributed by atoms with E-state index in [1.165, 1.54) is 5.56 Å². The lowest BCUT2D eigenvalue weighted by atomic mass is 9.91. The summed E-state index contributed by atoms with van der Waals surface area (Å²) in [6, 6.07) is 27.0. The van der Waals surface area contributed by atoms with E-state index in [0.29, 0.717) is 44.5 Å². The Balaban J connectivity index is 0.000000303. The lowest BCUT2D eigenvalue weighted by Crippen LogP contribution is -2.42. The molecule has 7 nitrogen and oxygen atoms in total. The molecule has 2 fully saturated rings. The number of anilines is 2. The Bertz CT molecular complexity index is 1700. The number of aliphatic carboxylic acids is 1. The number of hydrogen-bond acceptors (Lipinski definition) is 6. The predicted molar refractivity (Wildman–Crippen MR) is 213 cm³/mol. The summed E-state index contributed by atoms with van der Waals surface area (Å²) in [5.41, 5.74) is 10.3. The molecule has 2 aliphatic rings. The van der Waals surface area contributed by atoms with Crippen LogP contribution in [0, 0.1) is 0 Å². The van der Waals surface area contributed by atoms with E-state index in [0.717, 1.165) is 48.3 Å². The summed E-state index contributed by atoms with van der Waals surface area (Å²) in [4.78, 5) is 25.4. The average Bonchev–Trinajstić information content (AvgIpc) is 3.03. The van der Waals surface area contributed by atoms with Gasteiger partial charge in [-0.25, -0.2) is 0 Å². The summed E-state index contributed by atoms with van der Waals surface area (Å²) < 4.78 is 0. The zero-order valence-corrected chi connectivity index (χ0v) is 31.3. The minimum absolute atomic E-state index is 0. The number of ketones is 1. The van der Waals surface area contributed by atoms with Gasteiger partial charge in [0, 0.05) is 59.0 Å². The summed E-state index contributed by atoms with van der Waals surface area (Å²) in [6.07, 6.45) is 2.84. The number of rotatable bonds is 4. The maximum Gasteiger partial charge on any atom is 0.300 e. The number of carboxylic acids is 1. The summed E-state index contributed by atoms with van der Waals surface area (Å²) in [5.74, 6) is -0.568. The molecule has 2 aliphatic heterocycles. The summed E-state index contributed by atoms with van der Waals surface area (Å²) in [7, 11) is 0. The molecule has 0 radical (unpaired) electrons. The van der Waals surface area contributed by atoms with Gasteiger partial charge < -0.3 is 26.8 Å². The topological polar surface area (TPSA) is 122 Å². The zero-order valence-electron chi connectivity index (χ0n) is 26.8. The van der Waals surface area contributed by atoms with Crippen LogP contribution in [0.15, 0.2) is 84.9 Å². The lowest BCUT2D eigenvalue weighted by Gasteiger charge is -2.40. The molecule has 13 heteroatoms. The Kier molecular flexibility index (Phi) is 17.7. The van der Waals surface area contributed by atoms with Gasteiger partial charge in [-0.15, -0.1) is 0 Å². The molecule has 0 bridgehead atoms. The Morgan fingerprint density at radius 3 is 1.54 bits per heavy atom. The number of nitrogens with zero attached hydrogens (tertiary/aromatic N) is 2. The molecule has 6 rings (SSSR count). The highest BCUT2D eigenvalue weighted by atomic mass is 35.5. The normalized spacial score (nSPS) is 18.3. The van der Waals surface area contributed by atoms with Gasteiger partial charge in [-0.3, -0.25) is 9.59 Å². The van der Waals surface area contributed by atoms with E-state index in [9.17, 15) is 4.79 Å². The molecule has 2 heterocycles. The number of nitrogens with two attached hydrogens (primary N) is 1. The predicted octanol–water partition coefficient (Wildman–Crippen LogP) is 11.8. The molecule has 4 aromatic rings. The van der Waals surface area contributed by atoms with Crippen molar-refractivity contribution >= 4 is 92.7 Å². The quantitative estimate of drug-likeness (QED) is 0.188. The SMILES string of the molecule is C.CC(=O)O.N.NC1CCN(c2ccc(Cl)cc2Cl)C(c2ccc(Cl)cc2)C1.O=C1CCN(c2ccc(Cl)cc2Cl)C(c2ccc(Cl)cc2)C1. The Hall–Kier alpha value is -2.72. The second kappa shape index (κ2) is 20.4. The molecular formula is C37H42Cl6N4O3. The van der Waals surface area contributed by atoms with Gasteiger partial charge in [0.1, 0.15) is 5.78 Å². The van der Waals surface area contributed by atoms with Crippen LogP contribution in [-0.2, 0) is 9.59 Å². The van der Waals surface area contributed by atoms with Crippen molar-refractivity contribution in [2.24, 2.45) is 5.73 Å². The number of benzene rings is 4. The molecule has 0 spiro atoms. The number of carbonyl (C=O) groups is 2. The van der Waals surface area contributed by atoms with Crippen LogP contribution in [0.1, 0.15) is 63.2 Å². The maximum absolute atomic E-state index is 11.9. The number of piperidine rings is 2. The van der Waals surface area contributed by atoms with Gasteiger partial charge in [0.25, 0.3) is 5.97 Å². The van der Waals surface area contributed by atoms with E-state index >= 15 is 0 Å². The van der Waals surface area contributed by atoms with E-state index in [2.05, 4.69) is 21.9 Å². The van der Waals surface area contributed by atoms with Gasteiger partial charge in [-0.1, -0.05) is 101 Å². The first-order valence-corrected chi connectivity index (χ1v) is 17.5. The molecule has 3 atom stereocenters. The minimum atomic E-state index is -0.833. The van der Waals surface area contributed by atoms with Crippen LogP contribution in [0.5, 0.6) is 0 Å². The van der Waals surface area contributed by atoms with Crippen molar-refractivity contribution in [1.29, 1.82) is 0 Å². The number of halogens is 6. The fourth-order valence-corrected chi connectivity index (χ4v) is 7.10. The second-order valence-electron chi connectivity index (χ2n) is 11.5. The lowest BCUT2D eigenvalue weighted by molar-refractivity contribution is -0.134. The highest BCUT2D eigenvalue weighted by Crippen LogP contribution is 2.40. The average molecular weight is 803 g/mol. The standard InChI is InChI=1S/C17H17Cl3N2.C17H14Cl3NO.C2H4O2.CH4.H3N/c18-12-3-1-11(2-4-12)17-10-14(21)7-8-22(17)16-6-5-13(19)9-15(16)20;18-12-3-1-11(2-4-12)17-10-14(22)7-8-21(17)16-6-5-13(19)9-15(16)20;1-2(3)4;;/h1-6,9,14,17H,7-8,10,21H2;1-6,9,17H,7-8,10H2;1H3,(H,3,4);1H4;1H3. The Morgan fingerprint density at radius 2 is 1.10 bits per heavy atom. The van der Waals surface area contributed by atoms with Crippen molar-refractivity contribution < 1.29 is 14.7 Å². The van der Waals surface area contributed by atoms with Gasteiger partial charge in [-0.05, 0) is 84.6 Å². The Labute approximate surface area is 324 Å². The van der Waals surface area contributed by atoms with Crippen LogP contribution in [0.4, 0.5) is 11.4 Å². The van der Waals surface area contributed by atoms with E-state index in [4.69, 9.17) is 85.2 Å². The van der Waals surface area contributed by atoms with Crippen molar-refractivity contribution in [3.63, 3.8) is 0 Å². The zero-order chi connectivity index (χ0) is 35.0. The fourth-order valence-electron chi connectivity index (χ4n) is 5.81. The fraction of sp³-hybridized carbons (Fsp3) is 0.297. The molecular weight excluding hydrogens is 761 g/mol. The highest BCUT2D eigenvalue weighted by molar-refractivity contribution is 6.37. The minimum Gasteiger partial charge on any atom is -0.481 e. The van der Waals surface area contributed by atoms with Crippen LogP contribution in [0.3, 0.4) is 0 Å². The van der Waals surface area contributed by atoms with E-state index in [-0.39, 0.29) is 37.5 Å². The van der Waals surface area contributed by atoms with E-state index in [1.54, 1.807) is 12.1 Å². The van der Waals surface area contributed by atoms with Crippen LogP contribution in [0.2, 0.25) is 30.1 Å². The van der Waals surface area contributed by atoms with Gasteiger partial charge in [0.05, 0.1) is 33.5 Å². The number of carboxylic acid groups (broad SMARTS) is 1. The molecule has 3 unspecified atom stereocenters. The van der Waals surface area contributed by atoms with Crippen LogP contribution >= 0.6 is 69.6 Å². The van der Waals surface area contributed by atoms with E-state index < -0.39 is 5.97 Å². The van der Waals surface area contributed by atoms with Crippen molar-refractivity contribution in [1.82, 2.24) is 6.15 Å². The first kappa shape index (κ1) is 43.4. The summed E-state index contributed by atoms with van der Waals surface area (Å²) in [6.45, 7) is 2.60. The van der Waals surface area contributed by atoms with Crippen LogP contribution in [0.25, 0.3) is 0 Å². The van der Waals surface area contributed by atoms with Crippen LogP contribution < -0.4 is 21.7 Å². The molecule has 0 aromatic heterocycles. The molecule has 6 N–H and O–H groups in total. The first-order chi connectivity index (χ1) is 22.8. The van der Waals surface area contributed by atoms with Crippen molar-refractivity contribution in [2.45, 2.75) is 58.2 Å². The van der Waals surface area contributed by atoms with Gasteiger partial charge >= 0.3 is 0 Å². The highest BCUT2D eigenvalue weighted by Gasteiger charge is 2.31. The Morgan fingerprint density at radius 1 is 0.700 bits per heavy atom.